The van der Waals surface area contributed by atoms with Crippen LogP contribution in [0.1, 0.15) is 45.2 Å². The fourth-order valence-electron chi connectivity index (χ4n) is 5.34. The van der Waals surface area contributed by atoms with Crippen LogP contribution in [0, 0.1) is 0 Å². The van der Waals surface area contributed by atoms with Gasteiger partial charge in [0.05, 0.1) is 34.7 Å². The molecule has 3 heterocycles. The Labute approximate surface area is 239 Å². The highest BCUT2D eigenvalue weighted by atomic mass is 32.2. The van der Waals surface area contributed by atoms with Gasteiger partial charge in [-0.25, -0.2) is 13.4 Å². The van der Waals surface area contributed by atoms with Crippen molar-refractivity contribution in [1.29, 1.82) is 0 Å². The average Bonchev–Trinajstić information content (AvgIpc) is 2.89. The highest BCUT2D eigenvalue weighted by Crippen LogP contribution is 2.42. The Morgan fingerprint density at radius 2 is 1.85 bits per heavy atom. The topological polar surface area (TPSA) is 104 Å². The number of alkyl halides is 3. The number of pyridine rings is 1. The van der Waals surface area contributed by atoms with Crippen LogP contribution in [0.2, 0.25) is 0 Å². The molecular formula is C28H37F3N4O5S. The third-order valence-corrected chi connectivity index (χ3v) is 8.70. The van der Waals surface area contributed by atoms with Gasteiger partial charge in [0.2, 0.25) is 5.88 Å². The van der Waals surface area contributed by atoms with E-state index in [1.807, 2.05) is 50.8 Å². The van der Waals surface area contributed by atoms with Crippen LogP contribution in [-0.4, -0.2) is 76.2 Å². The zero-order valence-electron chi connectivity index (χ0n) is 23.9. The van der Waals surface area contributed by atoms with Crippen LogP contribution in [-0.2, 0) is 20.9 Å². The molecule has 1 fully saturated rings. The molecule has 0 spiro atoms. The van der Waals surface area contributed by atoms with Crippen molar-refractivity contribution in [3.05, 3.63) is 47.7 Å². The molecule has 4 rings (SSSR count). The number of ether oxygens (including phenoxy) is 2. The lowest BCUT2D eigenvalue weighted by atomic mass is 9.85. The molecule has 1 aromatic heterocycles. The number of anilines is 2. The molecule has 0 saturated carbocycles. The van der Waals surface area contributed by atoms with Crippen molar-refractivity contribution in [2.24, 2.45) is 0 Å². The Morgan fingerprint density at radius 3 is 2.46 bits per heavy atom. The van der Waals surface area contributed by atoms with E-state index in [1.54, 1.807) is 6.07 Å². The predicted octanol–water partition coefficient (Wildman–Crippen LogP) is 4.07. The van der Waals surface area contributed by atoms with E-state index in [1.165, 1.54) is 7.05 Å². The lowest BCUT2D eigenvalue weighted by Gasteiger charge is -2.40. The maximum absolute atomic E-state index is 14.0. The Balaban J connectivity index is 1.87. The maximum atomic E-state index is 14.0. The molecule has 13 heteroatoms. The number of halogens is 3. The van der Waals surface area contributed by atoms with Crippen molar-refractivity contribution in [3.8, 4) is 5.88 Å². The molecule has 0 atom stereocenters. The number of rotatable bonds is 8. The lowest BCUT2D eigenvalue weighted by Crippen LogP contribution is -2.44. The van der Waals surface area contributed by atoms with E-state index in [2.05, 4.69) is 10.3 Å². The number of nitrogens with one attached hydrogen (secondary N) is 1. The third kappa shape index (κ3) is 6.96. The zero-order valence-corrected chi connectivity index (χ0v) is 24.7. The van der Waals surface area contributed by atoms with Crippen LogP contribution in [0.3, 0.4) is 0 Å². The SMILES string of the molecule is CN(c1cc(C2=CC(C)(C)OC(C)(C)C2)ccc1N1CCNCC1)S(=O)(=O)c1cc(C(F)(F)F)cnc1OCCO. The smallest absolute Gasteiger partial charge is 0.417 e. The summed E-state index contributed by atoms with van der Waals surface area (Å²) in [6.07, 6.45) is -1.73. The lowest BCUT2D eigenvalue weighted by molar-refractivity contribution is -0.138. The second kappa shape index (κ2) is 11.4. The monoisotopic (exact) mass is 598 g/mol. The summed E-state index contributed by atoms with van der Waals surface area (Å²) in [4.78, 5) is 4.96. The number of aromatic nitrogens is 1. The highest BCUT2D eigenvalue weighted by Gasteiger charge is 2.37. The molecule has 0 bridgehead atoms. The van der Waals surface area contributed by atoms with Gasteiger partial charge in [0.25, 0.3) is 10.0 Å². The summed E-state index contributed by atoms with van der Waals surface area (Å²) in [6, 6.07) is 6.07. The second-order valence-electron chi connectivity index (χ2n) is 11.3. The minimum absolute atomic E-state index is 0.304. The number of aliphatic hydroxyl groups is 1. The summed E-state index contributed by atoms with van der Waals surface area (Å²) in [6.45, 7) is 9.70. The summed E-state index contributed by atoms with van der Waals surface area (Å²) < 4.78 is 81.3. The molecule has 0 aliphatic carbocycles. The minimum Gasteiger partial charge on any atom is -0.474 e. The number of sulfonamides is 1. The first-order valence-electron chi connectivity index (χ1n) is 13.4. The van der Waals surface area contributed by atoms with Gasteiger partial charge in [-0.1, -0.05) is 6.07 Å². The fraction of sp³-hybridized carbons (Fsp3) is 0.536. The van der Waals surface area contributed by atoms with Gasteiger partial charge in [0.15, 0.2) is 4.90 Å². The number of benzene rings is 1. The van der Waals surface area contributed by atoms with Gasteiger partial charge in [-0.3, -0.25) is 4.31 Å². The van der Waals surface area contributed by atoms with Crippen LogP contribution in [0.5, 0.6) is 5.88 Å². The van der Waals surface area contributed by atoms with Crippen molar-refractivity contribution in [3.63, 3.8) is 0 Å². The van der Waals surface area contributed by atoms with Crippen LogP contribution in [0.4, 0.5) is 24.5 Å². The van der Waals surface area contributed by atoms with Crippen LogP contribution >= 0.6 is 0 Å². The van der Waals surface area contributed by atoms with E-state index in [9.17, 15) is 26.7 Å². The molecule has 9 nitrogen and oxygen atoms in total. The van der Waals surface area contributed by atoms with Crippen molar-refractivity contribution in [2.75, 3.05) is 55.6 Å². The van der Waals surface area contributed by atoms with Crippen molar-refractivity contribution < 1.29 is 36.2 Å². The maximum Gasteiger partial charge on any atom is 0.417 e. The number of piperazine rings is 1. The van der Waals surface area contributed by atoms with Crippen LogP contribution < -0.4 is 19.3 Å². The largest absolute Gasteiger partial charge is 0.474 e. The molecular weight excluding hydrogens is 561 g/mol. The highest BCUT2D eigenvalue weighted by molar-refractivity contribution is 7.93. The number of aliphatic hydroxyl groups excluding tert-OH is 1. The average molecular weight is 599 g/mol. The molecule has 2 N–H and O–H groups in total. The summed E-state index contributed by atoms with van der Waals surface area (Å²) in [5.74, 6) is -0.519. The minimum atomic E-state index is -4.83. The standard InChI is InChI=1S/C28H37F3N4O5S/c1-26(2)16-20(17-27(3,4)40-26)19-6-7-22(35-10-8-32-9-11-35)23(14-19)34(5)41(37,38)24-15-21(28(29,30)31)18-33-25(24)39-13-12-36/h6-7,14-16,18,32,36H,8-13,17H2,1-5H3. The molecule has 226 valence electrons. The van der Waals surface area contributed by atoms with Gasteiger partial charge in [-0.15, -0.1) is 0 Å². The molecule has 1 aromatic carbocycles. The third-order valence-electron chi connectivity index (χ3n) is 6.93. The van der Waals surface area contributed by atoms with Crippen molar-refractivity contribution >= 4 is 27.0 Å². The Hall–Kier alpha value is -2.87. The van der Waals surface area contributed by atoms with Crippen molar-refractivity contribution in [1.82, 2.24) is 10.3 Å². The molecule has 1 saturated heterocycles. The van der Waals surface area contributed by atoms with Gasteiger partial charge in [-0.2, -0.15) is 13.2 Å². The molecule has 41 heavy (non-hydrogen) atoms. The molecule has 2 aliphatic heterocycles. The summed E-state index contributed by atoms with van der Waals surface area (Å²) >= 11 is 0. The quantitative estimate of drug-likeness (QED) is 0.469. The number of hydrogen-bond acceptors (Lipinski definition) is 8. The fourth-order valence-corrected chi connectivity index (χ4v) is 6.65. The van der Waals surface area contributed by atoms with E-state index < -0.39 is 50.3 Å². The van der Waals surface area contributed by atoms with E-state index in [4.69, 9.17) is 9.47 Å². The first-order chi connectivity index (χ1) is 19.0. The van der Waals surface area contributed by atoms with Crippen LogP contribution in [0.25, 0.3) is 5.57 Å². The first kappa shape index (κ1) is 31.1. The van der Waals surface area contributed by atoms with E-state index in [0.717, 1.165) is 15.4 Å². The molecule has 2 aromatic rings. The number of hydrogen-bond donors (Lipinski definition) is 2. The van der Waals surface area contributed by atoms with E-state index >= 15 is 0 Å². The summed E-state index contributed by atoms with van der Waals surface area (Å²) in [5.41, 5.74) is 0.430. The van der Waals surface area contributed by atoms with Crippen molar-refractivity contribution in [2.45, 2.75) is 56.4 Å². The zero-order chi connectivity index (χ0) is 30.2. The van der Waals surface area contributed by atoms with Crippen LogP contribution in [0.15, 0.2) is 41.4 Å². The number of nitrogens with zero attached hydrogens (tertiary/aromatic N) is 3. The molecule has 0 unspecified atom stereocenters. The molecule has 0 radical (unpaired) electrons. The summed E-state index contributed by atoms with van der Waals surface area (Å²) in [5, 5.41) is 12.5. The predicted molar refractivity (Wildman–Crippen MR) is 151 cm³/mol. The normalized spacial score (nSPS) is 19.0. The Bertz CT molecular complexity index is 1400. The van der Waals surface area contributed by atoms with Gasteiger partial charge >= 0.3 is 6.18 Å². The summed E-state index contributed by atoms with van der Waals surface area (Å²) in [7, 11) is -3.30. The van der Waals surface area contributed by atoms with Gasteiger partial charge in [0.1, 0.15) is 6.61 Å². The van der Waals surface area contributed by atoms with E-state index in [0.29, 0.717) is 56.2 Å². The second-order valence-corrected chi connectivity index (χ2v) is 13.3. The van der Waals surface area contributed by atoms with Gasteiger partial charge < -0.3 is 24.8 Å². The molecule has 0 amide bonds. The Kier molecular flexibility index (Phi) is 8.66. The van der Waals surface area contributed by atoms with Gasteiger partial charge in [-0.05, 0) is 63.1 Å². The molecule has 2 aliphatic rings. The van der Waals surface area contributed by atoms with E-state index in [-0.39, 0.29) is 6.61 Å². The first-order valence-corrected chi connectivity index (χ1v) is 14.8. The Morgan fingerprint density at radius 1 is 1.17 bits per heavy atom. The van der Waals surface area contributed by atoms with Gasteiger partial charge in [0, 0.05) is 45.8 Å².